The molecule has 2 heterocycles. The van der Waals surface area contributed by atoms with Gasteiger partial charge in [-0.25, -0.2) is 0 Å². The molecule has 0 fully saturated rings. The normalized spacial score (nSPS) is 10.6. The monoisotopic (exact) mass is 224 g/mol. The molecule has 0 bridgehead atoms. The van der Waals surface area contributed by atoms with Gasteiger partial charge in [0.15, 0.2) is 0 Å². The summed E-state index contributed by atoms with van der Waals surface area (Å²) in [5.41, 5.74) is 4.17. The van der Waals surface area contributed by atoms with E-state index in [9.17, 15) is 0 Å². The van der Waals surface area contributed by atoms with Crippen LogP contribution >= 0.6 is 0 Å². The maximum atomic E-state index is 5.31. The number of rotatable bonds is 2. The van der Waals surface area contributed by atoms with Crippen LogP contribution in [0.5, 0.6) is 0 Å². The third-order valence-electron chi connectivity index (χ3n) is 2.81. The van der Waals surface area contributed by atoms with Gasteiger partial charge in [0.25, 0.3) is 0 Å². The second kappa shape index (κ2) is 3.94. The summed E-state index contributed by atoms with van der Waals surface area (Å²) in [6, 6.07) is 14.1. The Morgan fingerprint density at radius 1 is 1.06 bits per heavy atom. The number of hydrogen-bond acceptors (Lipinski definition) is 2. The lowest BCUT2D eigenvalue weighted by Gasteiger charge is -1.99. The SMILES string of the molecule is COn1cc(-c2ccccc2)c2ncccc21. The lowest BCUT2D eigenvalue weighted by Crippen LogP contribution is -2.02. The highest BCUT2D eigenvalue weighted by Crippen LogP contribution is 2.27. The van der Waals surface area contributed by atoms with Crippen LogP contribution in [0, 0.1) is 0 Å². The van der Waals surface area contributed by atoms with Crippen molar-refractivity contribution in [2.45, 2.75) is 0 Å². The first-order chi connectivity index (χ1) is 8.40. The molecule has 1 aromatic carbocycles. The molecule has 3 nitrogen and oxygen atoms in total. The third kappa shape index (κ3) is 1.56. The predicted molar refractivity (Wildman–Crippen MR) is 67.7 cm³/mol. The molecule has 3 aromatic rings. The minimum atomic E-state index is 0.959. The van der Waals surface area contributed by atoms with E-state index in [0.29, 0.717) is 0 Å². The van der Waals surface area contributed by atoms with E-state index in [2.05, 4.69) is 17.1 Å². The molecule has 0 amide bonds. The van der Waals surface area contributed by atoms with Gasteiger partial charge >= 0.3 is 0 Å². The fourth-order valence-corrected chi connectivity index (χ4v) is 2.01. The number of fused-ring (bicyclic) bond motifs is 1. The molecule has 0 spiro atoms. The standard InChI is InChI=1S/C14H12N2O/c1-17-16-10-12(11-6-3-2-4-7-11)14-13(16)8-5-9-15-14/h2-10H,1H3. The zero-order valence-corrected chi connectivity index (χ0v) is 9.50. The Bertz CT molecular complexity index is 644. The van der Waals surface area contributed by atoms with Crippen molar-refractivity contribution in [2.24, 2.45) is 0 Å². The van der Waals surface area contributed by atoms with Gasteiger partial charge in [-0.15, -0.1) is 0 Å². The van der Waals surface area contributed by atoms with Gasteiger partial charge < -0.3 is 4.84 Å². The van der Waals surface area contributed by atoms with Crippen molar-refractivity contribution >= 4 is 11.0 Å². The molecule has 17 heavy (non-hydrogen) atoms. The van der Waals surface area contributed by atoms with Crippen LogP contribution in [-0.4, -0.2) is 16.8 Å². The van der Waals surface area contributed by atoms with Gasteiger partial charge in [0.05, 0.1) is 11.7 Å². The first-order valence-corrected chi connectivity index (χ1v) is 5.46. The van der Waals surface area contributed by atoms with E-state index in [0.717, 1.165) is 22.2 Å². The van der Waals surface area contributed by atoms with E-state index in [1.807, 2.05) is 36.5 Å². The van der Waals surface area contributed by atoms with Gasteiger partial charge in [-0.1, -0.05) is 30.3 Å². The molecule has 0 unspecified atom stereocenters. The zero-order chi connectivity index (χ0) is 11.7. The van der Waals surface area contributed by atoms with Crippen molar-refractivity contribution in [3.63, 3.8) is 0 Å². The van der Waals surface area contributed by atoms with Crippen LogP contribution in [0.4, 0.5) is 0 Å². The maximum Gasteiger partial charge on any atom is 0.106 e. The van der Waals surface area contributed by atoms with Gasteiger partial charge in [0.1, 0.15) is 12.6 Å². The van der Waals surface area contributed by atoms with Crippen LogP contribution in [0.25, 0.3) is 22.2 Å². The van der Waals surface area contributed by atoms with Crippen molar-refractivity contribution < 1.29 is 4.84 Å². The molecule has 3 heteroatoms. The Hall–Kier alpha value is -2.29. The molecule has 0 saturated carbocycles. The highest BCUT2D eigenvalue weighted by molar-refractivity contribution is 5.92. The maximum absolute atomic E-state index is 5.31. The second-order valence-electron chi connectivity index (χ2n) is 3.79. The van der Waals surface area contributed by atoms with Crippen molar-refractivity contribution in [3.8, 4) is 11.1 Å². The fraction of sp³-hybridized carbons (Fsp3) is 0.0714. The van der Waals surface area contributed by atoms with Crippen LogP contribution < -0.4 is 4.84 Å². The van der Waals surface area contributed by atoms with Crippen LogP contribution in [0.3, 0.4) is 0 Å². The minimum Gasteiger partial charge on any atom is -0.417 e. The molecule has 0 aliphatic carbocycles. The molecule has 0 N–H and O–H groups in total. The Morgan fingerprint density at radius 3 is 2.65 bits per heavy atom. The zero-order valence-electron chi connectivity index (χ0n) is 9.50. The largest absolute Gasteiger partial charge is 0.417 e. The molecule has 0 aliphatic rings. The average Bonchev–Trinajstić information content (AvgIpc) is 2.78. The molecule has 0 atom stereocenters. The highest BCUT2D eigenvalue weighted by atomic mass is 16.6. The second-order valence-corrected chi connectivity index (χ2v) is 3.79. The third-order valence-corrected chi connectivity index (χ3v) is 2.81. The van der Waals surface area contributed by atoms with Crippen molar-refractivity contribution in [3.05, 3.63) is 54.9 Å². The van der Waals surface area contributed by atoms with E-state index in [1.54, 1.807) is 18.0 Å². The summed E-state index contributed by atoms with van der Waals surface area (Å²) in [5.74, 6) is 0. The van der Waals surface area contributed by atoms with E-state index in [-0.39, 0.29) is 0 Å². The minimum absolute atomic E-state index is 0.959. The molecule has 3 rings (SSSR count). The number of pyridine rings is 1. The first-order valence-electron chi connectivity index (χ1n) is 5.46. The quantitative estimate of drug-likeness (QED) is 0.669. The Labute approximate surface area is 99.2 Å². The van der Waals surface area contributed by atoms with E-state index < -0.39 is 0 Å². The van der Waals surface area contributed by atoms with Crippen molar-refractivity contribution in [1.82, 2.24) is 9.71 Å². The summed E-state index contributed by atoms with van der Waals surface area (Å²) in [6.07, 6.45) is 3.77. The Kier molecular flexibility index (Phi) is 2.29. The average molecular weight is 224 g/mol. The molecular formula is C14H12N2O. The van der Waals surface area contributed by atoms with Gasteiger partial charge in [0.2, 0.25) is 0 Å². The molecule has 2 aromatic heterocycles. The van der Waals surface area contributed by atoms with Gasteiger partial charge in [0, 0.05) is 11.8 Å². The summed E-state index contributed by atoms with van der Waals surface area (Å²) >= 11 is 0. The molecular weight excluding hydrogens is 212 g/mol. The summed E-state index contributed by atoms with van der Waals surface area (Å²) in [6.45, 7) is 0. The van der Waals surface area contributed by atoms with Gasteiger partial charge in [-0.05, 0) is 17.7 Å². The highest BCUT2D eigenvalue weighted by Gasteiger charge is 2.10. The van der Waals surface area contributed by atoms with Crippen LogP contribution in [0.2, 0.25) is 0 Å². The summed E-state index contributed by atoms with van der Waals surface area (Å²) < 4.78 is 1.74. The van der Waals surface area contributed by atoms with Gasteiger partial charge in [-0.3, -0.25) is 4.98 Å². The van der Waals surface area contributed by atoms with E-state index in [1.165, 1.54) is 0 Å². The first kappa shape index (κ1) is 9.90. The van der Waals surface area contributed by atoms with Crippen molar-refractivity contribution in [1.29, 1.82) is 0 Å². The predicted octanol–water partition coefficient (Wildman–Crippen LogP) is 2.76. The fourth-order valence-electron chi connectivity index (χ4n) is 2.01. The van der Waals surface area contributed by atoms with Crippen LogP contribution in [0.15, 0.2) is 54.9 Å². The smallest absolute Gasteiger partial charge is 0.106 e. The van der Waals surface area contributed by atoms with Crippen molar-refractivity contribution in [2.75, 3.05) is 7.11 Å². The summed E-state index contributed by atoms with van der Waals surface area (Å²) in [5, 5.41) is 0. The molecule has 0 aliphatic heterocycles. The topological polar surface area (TPSA) is 27.1 Å². The van der Waals surface area contributed by atoms with Crippen LogP contribution in [0.1, 0.15) is 0 Å². The lowest BCUT2D eigenvalue weighted by molar-refractivity contribution is 0.179. The Morgan fingerprint density at radius 2 is 1.88 bits per heavy atom. The van der Waals surface area contributed by atoms with Gasteiger partial charge in [-0.2, -0.15) is 4.73 Å². The summed E-state index contributed by atoms with van der Waals surface area (Å²) in [7, 11) is 1.65. The lowest BCUT2D eigenvalue weighted by atomic mass is 10.1. The van der Waals surface area contributed by atoms with E-state index >= 15 is 0 Å². The number of benzene rings is 1. The number of aromatic nitrogens is 2. The number of nitrogens with zero attached hydrogens (tertiary/aromatic N) is 2. The number of hydrogen-bond donors (Lipinski definition) is 0. The van der Waals surface area contributed by atoms with E-state index in [4.69, 9.17) is 4.84 Å². The molecule has 0 radical (unpaired) electrons. The summed E-state index contributed by atoms with van der Waals surface area (Å²) in [4.78, 5) is 9.73. The Balaban J connectivity index is 2.31. The molecule has 84 valence electrons. The van der Waals surface area contributed by atoms with Crippen LogP contribution in [-0.2, 0) is 0 Å². The molecule has 0 saturated heterocycles.